The fraction of sp³-hybridized carbons (Fsp3) is 0.438. The Balaban J connectivity index is 1.72. The number of nitrogens with zero attached hydrogens (tertiary/aromatic N) is 3. The predicted molar refractivity (Wildman–Crippen MR) is 96.5 cm³/mol. The van der Waals surface area contributed by atoms with Gasteiger partial charge in [-0.25, -0.2) is 0 Å². The third-order valence-electron chi connectivity index (χ3n) is 3.80. The van der Waals surface area contributed by atoms with Gasteiger partial charge in [0.05, 0.1) is 5.25 Å². The first-order valence-electron chi connectivity index (χ1n) is 7.75. The van der Waals surface area contributed by atoms with Gasteiger partial charge in [-0.05, 0) is 38.8 Å². The molecule has 2 aromatic rings. The molecule has 5 nitrogen and oxygen atoms in total. The standard InChI is InChI=1S/C16H20N4OS2/c1-4-17-15-18-19-16(23-15)22-11(3)14(21)20-10(2)9-12-7-5-6-8-13(12)20/h5-8,10-11H,4,9H2,1-3H3,(H,17,18)/t10-,11+/m0/s1. The van der Waals surface area contributed by atoms with Crippen LogP contribution in [0.5, 0.6) is 0 Å². The summed E-state index contributed by atoms with van der Waals surface area (Å²) in [6.45, 7) is 6.88. The van der Waals surface area contributed by atoms with Crippen molar-refractivity contribution < 1.29 is 4.79 Å². The van der Waals surface area contributed by atoms with E-state index in [1.807, 2.05) is 36.9 Å². The molecule has 0 spiro atoms. The lowest BCUT2D eigenvalue weighted by molar-refractivity contribution is -0.118. The van der Waals surface area contributed by atoms with Crippen molar-refractivity contribution in [1.29, 1.82) is 0 Å². The normalized spacial score (nSPS) is 17.9. The van der Waals surface area contributed by atoms with Crippen LogP contribution >= 0.6 is 23.1 Å². The lowest BCUT2D eigenvalue weighted by atomic mass is 10.1. The highest BCUT2D eigenvalue weighted by atomic mass is 32.2. The second-order valence-corrected chi connectivity index (χ2v) is 8.12. The SMILES string of the molecule is CCNc1nnc(S[C@H](C)C(=O)N2c3ccccc3C[C@@H]2C)s1. The monoisotopic (exact) mass is 348 g/mol. The van der Waals surface area contributed by atoms with Crippen LogP contribution in [-0.4, -0.2) is 33.9 Å². The predicted octanol–water partition coefficient (Wildman–Crippen LogP) is 3.43. The number of nitrogens with one attached hydrogen (secondary N) is 1. The van der Waals surface area contributed by atoms with Crippen molar-refractivity contribution in [2.24, 2.45) is 0 Å². The lowest BCUT2D eigenvalue weighted by Crippen LogP contribution is -2.40. The third-order valence-corrected chi connectivity index (χ3v) is 5.86. The Bertz CT molecular complexity index is 703. The van der Waals surface area contributed by atoms with Gasteiger partial charge in [0.1, 0.15) is 0 Å². The van der Waals surface area contributed by atoms with Gasteiger partial charge in [0.2, 0.25) is 11.0 Å². The summed E-state index contributed by atoms with van der Waals surface area (Å²) in [5, 5.41) is 12.0. The maximum Gasteiger partial charge on any atom is 0.240 e. The highest BCUT2D eigenvalue weighted by Crippen LogP contribution is 2.35. The van der Waals surface area contributed by atoms with Crippen LogP contribution in [-0.2, 0) is 11.2 Å². The van der Waals surface area contributed by atoms with Crippen LogP contribution in [0.15, 0.2) is 28.6 Å². The Morgan fingerprint density at radius 1 is 1.48 bits per heavy atom. The van der Waals surface area contributed by atoms with Gasteiger partial charge in [0, 0.05) is 18.3 Å². The van der Waals surface area contributed by atoms with Crippen molar-refractivity contribution in [3.05, 3.63) is 29.8 Å². The highest BCUT2D eigenvalue weighted by Gasteiger charge is 2.33. The number of para-hydroxylation sites is 1. The van der Waals surface area contributed by atoms with E-state index in [0.29, 0.717) is 0 Å². The van der Waals surface area contributed by atoms with E-state index in [9.17, 15) is 4.79 Å². The molecule has 0 fully saturated rings. The summed E-state index contributed by atoms with van der Waals surface area (Å²) in [5.74, 6) is 0.132. The van der Waals surface area contributed by atoms with E-state index in [0.717, 1.165) is 28.1 Å². The number of aromatic nitrogens is 2. The molecule has 1 aliphatic heterocycles. The topological polar surface area (TPSA) is 58.1 Å². The number of thioether (sulfide) groups is 1. The molecule has 0 saturated carbocycles. The fourth-order valence-electron chi connectivity index (χ4n) is 2.78. The number of carbonyl (C=O) groups excluding carboxylic acids is 1. The number of fused-ring (bicyclic) bond motifs is 1. The summed E-state index contributed by atoms with van der Waals surface area (Å²) >= 11 is 2.97. The Morgan fingerprint density at radius 3 is 3.04 bits per heavy atom. The zero-order valence-electron chi connectivity index (χ0n) is 13.4. The molecule has 1 aromatic carbocycles. The Morgan fingerprint density at radius 2 is 2.26 bits per heavy atom. The molecule has 7 heteroatoms. The Hall–Kier alpha value is -1.60. The zero-order chi connectivity index (χ0) is 16.4. The molecule has 1 amide bonds. The molecule has 2 heterocycles. The molecule has 1 aromatic heterocycles. The number of hydrogen-bond donors (Lipinski definition) is 1. The first-order valence-corrected chi connectivity index (χ1v) is 9.44. The van der Waals surface area contributed by atoms with Gasteiger partial charge in [-0.3, -0.25) is 4.79 Å². The minimum absolute atomic E-state index is 0.132. The van der Waals surface area contributed by atoms with E-state index in [2.05, 4.69) is 28.5 Å². The van der Waals surface area contributed by atoms with Crippen LogP contribution < -0.4 is 10.2 Å². The van der Waals surface area contributed by atoms with Crippen molar-refractivity contribution in [3.8, 4) is 0 Å². The van der Waals surface area contributed by atoms with Gasteiger partial charge in [0.15, 0.2) is 4.34 Å². The first-order chi connectivity index (χ1) is 11.1. The van der Waals surface area contributed by atoms with E-state index in [1.54, 1.807) is 0 Å². The van der Waals surface area contributed by atoms with Crippen molar-refractivity contribution in [1.82, 2.24) is 10.2 Å². The van der Waals surface area contributed by atoms with E-state index in [-0.39, 0.29) is 17.2 Å². The van der Waals surface area contributed by atoms with E-state index < -0.39 is 0 Å². The Kier molecular flexibility index (Phi) is 4.87. The molecule has 0 bridgehead atoms. The Labute approximate surface area is 144 Å². The molecular weight excluding hydrogens is 328 g/mol. The number of amides is 1. The van der Waals surface area contributed by atoms with Crippen LogP contribution in [0.4, 0.5) is 10.8 Å². The molecule has 0 radical (unpaired) electrons. The number of carbonyl (C=O) groups is 1. The maximum absolute atomic E-state index is 12.9. The molecular formula is C16H20N4OS2. The van der Waals surface area contributed by atoms with Crippen molar-refractivity contribution in [3.63, 3.8) is 0 Å². The molecule has 2 atom stereocenters. The average molecular weight is 348 g/mol. The van der Waals surface area contributed by atoms with Crippen LogP contribution in [0.25, 0.3) is 0 Å². The molecule has 0 saturated heterocycles. The van der Waals surface area contributed by atoms with Gasteiger partial charge >= 0.3 is 0 Å². The van der Waals surface area contributed by atoms with E-state index in [1.165, 1.54) is 28.7 Å². The van der Waals surface area contributed by atoms with Crippen molar-refractivity contribution in [2.45, 2.75) is 42.8 Å². The summed E-state index contributed by atoms with van der Waals surface area (Å²) in [7, 11) is 0. The van der Waals surface area contributed by atoms with Crippen LogP contribution in [0.1, 0.15) is 26.3 Å². The molecule has 23 heavy (non-hydrogen) atoms. The van der Waals surface area contributed by atoms with Gasteiger partial charge in [-0.1, -0.05) is 41.3 Å². The van der Waals surface area contributed by atoms with Gasteiger partial charge in [0.25, 0.3) is 0 Å². The zero-order valence-corrected chi connectivity index (χ0v) is 15.1. The highest BCUT2D eigenvalue weighted by molar-refractivity contribution is 8.02. The third kappa shape index (κ3) is 3.35. The van der Waals surface area contributed by atoms with Gasteiger partial charge in [-0.15, -0.1) is 10.2 Å². The molecule has 0 unspecified atom stereocenters. The van der Waals surface area contributed by atoms with Crippen LogP contribution in [0.2, 0.25) is 0 Å². The summed E-state index contributed by atoms with van der Waals surface area (Å²) in [6.07, 6.45) is 0.919. The lowest BCUT2D eigenvalue weighted by Gasteiger charge is -2.25. The van der Waals surface area contributed by atoms with E-state index in [4.69, 9.17) is 0 Å². The number of benzene rings is 1. The second kappa shape index (κ2) is 6.88. The maximum atomic E-state index is 12.9. The fourth-order valence-corrected chi connectivity index (χ4v) is 4.79. The second-order valence-electron chi connectivity index (χ2n) is 5.55. The molecule has 122 valence electrons. The van der Waals surface area contributed by atoms with Crippen LogP contribution in [0.3, 0.4) is 0 Å². The largest absolute Gasteiger partial charge is 0.360 e. The number of hydrogen-bond acceptors (Lipinski definition) is 6. The molecule has 3 rings (SSSR count). The molecule has 1 aliphatic rings. The summed E-state index contributed by atoms with van der Waals surface area (Å²) in [5.41, 5.74) is 2.29. The summed E-state index contributed by atoms with van der Waals surface area (Å²) in [4.78, 5) is 14.8. The quantitative estimate of drug-likeness (QED) is 0.839. The molecule has 1 N–H and O–H groups in total. The van der Waals surface area contributed by atoms with Gasteiger partial charge < -0.3 is 10.2 Å². The van der Waals surface area contributed by atoms with Gasteiger partial charge in [-0.2, -0.15) is 0 Å². The first kappa shape index (κ1) is 16.3. The van der Waals surface area contributed by atoms with Crippen molar-refractivity contribution in [2.75, 3.05) is 16.8 Å². The minimum atomic E-state index is -0.189. The van der Waals surface area contributed by atoms with Crippen LogP contribution in [0, 0.1) is 0 Å². The summed E-state index contributed by atoms with van der Waals surface area (Å²) < 4.78 is 0.821. The average Bonchev–Trinajstić information content (AvgIpc) is 3.10. The summed E-state index contributed by atoms with van der Waals surface area (Å²) in [6, 6.07) is 8.35. The minimum Gasteiger partial charge on any atom is -0.360 e. The number of anilines is 2. The smallest absolute Gasteiger partial charge is 0.240 e. The number of rotatable bonds is 5. The molecule has 0 aliphatic carbocycles. The van der Waals surface area contributed by atoms with Crippen molar-refractivity contribution >= 4 is 39.8 Å². The van der Waals surface area contributed by atoms with E-state index >= 15 is 0 Å².